The van der Waals surface area contributed by atoms with E-state index in [1.54, 1.807) is 0 Å². The third kappa shape index (κ3) is 7.82. The summed E-state index contributed by atoms with van der Waals surface area (Å²) in [5, 5.41) is 0. The van der Waals surface area contributed by atoms with E-state index in [1.165, 1.54) is 60.3 Å². The Kier molecular flexibility index (Phi) is 11.4. The molecule has 0 N–H and O–H groups in total. The van der Waals surface area contributed by atoms with Gasteiger partial charge >= 0.3 is 194 Å². The Hall–Kier alpha value is -1.54. The summed E-state index contributed by atoms with van der Waals surface area (Å²) in [4.78, 5) is 26.4. The van der Waals surface area contributed by atoms with Crippen molar-refractivity contribution < 1.29 is 9.59 Å². The summed E-state index contributed by atoms with van der Waals surface area (Å²) in [5.41, 5.74) is 1.00. The number of allylic oxidation sites excluding steroid dienone is 1. The Balaban J connectivity index is 2.47. The molecule has 168 valence electrons. The quantitative estimate of drug-likeness (QED) is 0.177. The fourth-order valence-corrected chi connectivity index (χ4v) is 20.7. The van der Waals surface area contributed by atoms with Crippen molar-refractivity contribution in [3.8, 4) is 11.8 Å². The Bertz CT molecular complexity index is 766. The number of carbonyl (C=O) groups excluding carboxylic acids is 2. The predicted molar refractivity (Wildman–Crippen MR) is 132 cm³/mol. The molecular formula is C27H39NO2Sn. The first-order valence-corrected chi connectivity index (χ1v) is 19.6. The van der Waals surface area contributed by atoms with Crippen LogP contribution < -0.4 is 0 Å². The molecule has 0 aliphatic carbocycles. The molecule has 0 bridgehead atoms. The fourth-order valence-electron chi connectivity index (χ4n) is 4.47. The zero-order valence-electron chi connectivity index (χ0n) is 19.7. The average Bonchev–Trinajstić information content (AvgIpc) is 3.11. The van der Waals surface area contributed by atoms with Gasteiger partial charge in [-0.15, -0.1) is 0 Å². The van der Waals surface area contributed by atoms with Gasteiger partial charge in [0.15, 0.2) is 0 Å². The van der Waals surface area contributed by atoms with Crippen LogP contribution in [0.5, 0.6) is 0 Å². The molecule has 4 heteroatoms. The molecule has 3 nitrogen and oxygen atoms in total. The first-order chi connectivity index (χ1) is 15.1. The van der Waals surface area contributed by atoms with Crippen molar-refractivity contribution in [3.05, 3.63) is 45.6 Å². The van der Waals surface area contributed by atoms with E-state index in [1.807, 2.05) is 30.3 Å². The molecule has 1 aromatic rings. The van der Waals surface area contributed by atoms with Gasteiger partial charge in [-0.2, -0.15) is 0 Å². The van der Waals surface area contributed by atoms with Crippen LogP contribution in [0.2, 0.25) is 13.3 Å². The average molecular weight is 528 g/mol. The van der Waals surface area contributed by atoms with Crippen molar-refractivity contribution in [1.82, 2.24) is 4.90 Å². The second-order valence-electron chi connectivity index (χ2n) is 8.77. The van der Waals surface area contributed by atoms with Crippen molar-refractivity contribution in [2.75, 3.05) is 6.54 Å². The standard InChI is InChI=1S/C15H12NO2.3C4H9.Sn/c17-14-10-11-15(18)16(14)12-6-2-5-9-13-7-3-1-4-8-13;3*1-3-4-2;/h1-4,7-8H,10-12H2;3*1,3-4H2,2H3;. The monoisotopic (exact) mass is 529 g/mol. The fraction of sp³-hybridized carbons (Fsp3) is 0.556. The third-order valence-corrected chi connectivity index (χ3v) is 22.4. The Morgan fingerprint density at radius 2 is 1.42 bits per heavy atom. The van der Waals surface area contributed by atoms with E-state index in [0.29, 0.717) is 19.4 Å². The van der Waals surface area contributed by atoms with Gasteiger partial charge in [0.25, 0.3) is 0 Å². The molecular weight excluding hydrogens is 489 g/mol. The Labute approximate surface area is 193 Å². The number of unbranched alkanes of at least 4 members (excludes halogenated alkanes) is 3. The summed E-state index contributed by atoms with van der Waals surface area (Å²) in [6, 6.07) is 10.1. The van der Waals surface area contributed by atoms with Crippen LogP contribution in [0, 0.1) is 11.8 Å². The van der Waals surface area contributed by atoms with Crippen LogP contribution in [-0.4, -0.2) is 41.6 Å². The van der Waals surface area contributed by atoms with Crippen molar-refractivity contribution in [2.24, 2.45) is 0 Å². The topological polar surface area (TPSA) is 37.4 Å². The van der Waals surface area contributed by atoms with E-state index < -0.39 is 18.4 Å². The van der Waals surface area contributed by atoms with Crippen molar-refractivity contribution in [2.45, 2.75) is 85.4 Å². The molecule has 0 unspecified atom stereocenters. The number of benzene rings is 1. The summed E-state index contributed by atoms with van der Waals surface area (Å²) in [7, 11) is 0. The number of hydrogen-bond acceptors (Lipinski definition) is 2. The molecule has 0 saturated carbocycles. The molecule has 31 heavy (non-hydrogen) atoms. The molecule has 0 radical (unpaired) electrons. The van der Waals surface area contributed by atoms with Gasteiger partial charge in [-0.3, -0.25) is 0 Å². The molecule has 2 rings (SSSR count). The number of nitrogens with zero attached hydrogens (tertiary/aromatic N) is 1. The molecule has 1 heterocycles. The number of likely N-dealkylation sites (tertiary alicyclic amines) is 1. The van der Waals surface area contributed by atoms with Gasteiger partial charge in [0.2, 0.25) is 0 Å². The van der Waals surface area contributed by atoms with E-state index in [4.69, 9.17) is 0 Å². The Morgan fingerprint density at radius 1 is 0.903 bits per heavy atom. The van der Waals surface area contributed by atoms with Crippen molar-refractivity contribution in [3.63, 3.8) is 0 Å². The van der Waals surface area contributed by atoms with Crippen LogP contribution in [0.4, 0.5) is 0 Å². The zero-order chi connectivity index (χ0) is 22.5. The third-order valence-electron chi connectivity index (χ3n) is 6.43. The predicted octanol–water partition coefficient (Wildman–Crippen LogP) is 6.50. The summed E-state index contributed by atoms with van der Waals surface area (Å²) < 4.78 is 5.30. The van der Waals surface area contributed by atoms with Gasteiger partial charge in [-0.05, 0) is 0 Å². The van der Waals surface area contributed by atoms with Gasteiger partial charge in [0.05, 0.1) is 0 Å². The molecule has 0 aromatic heterocycles. The van der Waals surface area contributed by atoms with Crippen LogP contribution >= 0.6 is 0 Å². The second kappa shape index (κ2) is 13.8. The summed E-state index contributed by atoms with van der Waals surface area (Å²) >= 11 is -2.79. The van der Waals surface area contributed by atoms with Gasteiger partial charge < -0.3 is 0 Å². The first kappa shape index (κ1) is 25.7. The van der Waals surface area contributed by atoms with Gasteiger partial charge in [0, 0.05) is 0 Å². The minimum atomic E-state index is -2.79. The van der Waals surface area contributed by atoms with Crippen LogP contribution in [0.1, 0.15) is 77.7 Å². The van der Waals surface area contributed by atoms with Gasteiger partial charge in [-0.1, -0.05) is 0 Å². The number of rotatable bonds is 12. The SMILES string of the molecule is CCC[CH2][Sn]([CH2]CCC)([CH2]CCC)/[C](=C\C#Cc1ccccc1)CN1C(=O)CCC1=O. The molecule has 0 atom stereocenters. The van der Waals surface area contributed by atoms with Gasteiger partial charge in [-0.25, -0.2) is 0 Å². The number of imide groups is 1. The molecule has 1 aromatic carbocycles. The number of carbonyl (C=O) groups is 2. The molecule has 1 aliphatic heterocycles. The van der Waals surface area contributed by atoms with Gasteiger partial charge in [0.1, 0.15) is 0 Å². The Morgan fingerprint density at radius 3 is 1.90 bits per heavy atom. The molecule has 0 spiro atoms. The van der Waals surface area contributed by atoms with Crippen LogP contribution in [0.3, 0.4) is 0 Å². The van der Waals surface area contributed by atoms with E-state index in [0.717, 1.165) is 5.56 Å². The van der Waals surface area contributed by atoms with E-state index in [9.17, 15) is 9.59 Å². The van der Waals surface area contributed by atoms with Crippen LogP contribution in [-0.2, 0) is 9.59 Å². The molecule has 1 fully saturated rings. The normalized spacial score (nSPS) is 14.7. The number of amides is 2. The second-order valence-corrected chi connectivity index (χ2v) is 22.2. The van der Waals surface area contributed by atoms with Crippen LogP contribution in [0.15, 0.2) is 40.0 Å². The summed E-state index contributed by atoms with van der Waals surface area (Å²) in [6.07, 6.45) is 10.2. The van der Waals surface area contributed by atoms with Crippen molar-refractivity contribution >= 4 is 30.2 Å². The molecule has 1 saturated heterocycles. The zero-order valence-corrected chi connectivity index (χ0v) is 22.6. The number of hydrogen-bond donors (Lipinski definition) is 0. The van der Waals surface area contributed by atoms with Crippen LogP contribution in [0.25, 0.3) is 0 Å². The summed E-state index contributed by atoms with van der Waals surface area (Å²) in [5.74, 6) is 6.60. The minimum absolute atomic E-state index is 0.00594. The maximum absolute atomic E-state index is 12.4. The first-order valence-electron chi connectivity index (χ1n) is 12.2. The summed E-state index contributed by atoms with van der Waals surface area (Å²) in [6.45, 7) is 7.29. The maximum atomic E-state index is 12.4. The molecule has 2 amide bonds. The van der Waals surface area contributed by atoms with Crippen molar-refractivity contribution in [1.29, 1.82) is 0 Å². The molecule has 1 aliphatic rings. The van der Waals surface area contributed by atoms with E-state index in [-0.39, 0.29) is 11.8 Å². The van der Waals surface area contributed by atoms with E-state index in [2.05, 4.69) is 38.7 Å². The van der Waals surface area contributed by atoms with E-state index >= 15 is 0 Å².